The standard InChI is InChI=1S/C9H13N.C6H6.C3H6O/c1-2-10-8-9-6-4-3-5-7-9;1-2-4-6-5-3-1;1-3(2)4/h3-7,10H,2,8H2,1H3;1-6H;1-2H3. The lowest BCUT2D eigenvalue weighted by atomic mass is 10.2. The highest BCUT2D eigenvalue weighted by molar-refractivity contribution is 5.72. The fraction of sp³-hybridized carbons (Fsp3) is 0.278. The first-order valence-corrected chi connectivity index (χ1v) is 6.88. The fourth-order valence-corrected chi connectivity index (χ4v) is 1.25. The fourth-order valence-electron chi connectivity index (χ4n) is 1.25. The average molecular weight is 271 g/mol. The van der Waals surface area contributed by atoms with Crippen molar-refractivity contribution in [3.8, 4) is 0 Å². The van der Waals surface area contributed by atoms with Crippen LogP contribution in [0.1, 0.15) is 26.3 Å². The Morgan fingerprint density at radius 3 is 1.55 bits per heavy atom. The van der Waals surface area contributed by atoms with Gasteiger partial charge in [-0.1, -0.05) is 73.7 Å². The number of nitrogens with one attached hydrogen (secondary N) is 1. The van der Waals surface area contributed by atoms with Crippen LogP contribution in [0, 0.1) is 0 Å². The van der Waals surface area contributed by atoms with E-state index in [0.717, 1.165) is 13.1 Å². The minimum atomic E-state index is 0.167. The molecule has 0 aromatic heterocycles. The molecule has 108 valence electrons. The van der Waals surface area contributed by atoms with Crippen LogP contribution in [0.25, 0.3) is 0 Å². The van der Waals surface area contributed by atoms with Crippen molar-refractivity contribution in [3.05, 3.63) is 72.3 Å². The van der Waals surface area contributed by atoms with Crippen molar-refractivity contribution in [2.45, 2.75) is 27.3 Å². The normalized spacial score (nSPS) is 8.55. The van der Waals surface area contributed by atoms with Crippen molar-refractivity contribution < 1.29 is 4.79 Å². The summed E-state index contributed by atoms with van der Waals surface area (Å²) >= 11 is 0. The number of rotatable bonds is 3. The molecule has 2 aromatic carbocycles. The van der Waals surface area contributed by atoms with E-state index in [-0.39, 0.29) is 5.78 Å². The zero-order valence-electron chi connectivity index (χ0n) is 12.7. The van der Waals surface area contributed by atoms with Gasteiger partial charge >= 0.3 is 0 Å². The third-order valence-corrected chi connectivity index (χ3v) is 2.09. The third-order valence-electron chi connectivity index (χ3n) is 2.09. The largest absolute Gasteiger partial charge is 0.313 e. The summed E-state index contributed by atoms with van der Waals surface area (Å²) in [7, 11) is 0. The number of benzene rings is 2. The van der Waals surface area contributed by atoms with E-state index in [4.69, 9.17) is 0 Å². The van der Waals surface area contributed by atoms with Gasteiger partial charge in [0, 0.05) is 6.54 Å². The van der Waals surface area contributed by atoms with Gasteiger partial charge < -0.3 is 10.1 Å². The molecular weight excluding hydrogens is 246 g/mol. The Kier molecular flexibility index (Phi) is 12.2. The lowest BCUT2D eigenvalue weighted by Crippen LogP contribution is -2.11. The quantitative estimate of drug-likeness (QED) is 0.911. The zero-order chi connectivity index (χ0) is 15.1. The minimum Gasteiger partial charge on any atom is -0.313 e. The number of hydrogen-bond donors (Lipinski definition) is 1. The average Bonchev–Trinajstić information content (AvgIpc) is 2.48. The Balaban J connectivity index is 0.000000307. The molecule has 0 atom stereocenters. The summed E-state index contributed by atoms with van der Waals surface area (Å²) in [5.74, 6) is 0.167. The maximum Gasteiger partial charge on any atom is 0.126 e. The van der Waals surface area contributed by atoms with Crippen LogP contribution in [0.4, 0.5) is 0 Å². The van der Waals surface area contributed by atoms with Crippen LogP contribution < -0.4 is 5.32 Å². The molecule has 0 amide bonds. The first kappa shape index (κ1) is 18.1. The van der Waals surface area contributed by atoms with Crippen molar-refractivity contribution in [3.63, 3.8) is 0 Å². The first-order valence-electron chi connectivity index (χ1n) is 6.88. The van der Waals surface area contributed by atoms with Crippen LogP contribution in [0.3, 0.4) is 0 Å². The molecule has 0 aliphatic rings. The molecule has 0 spiro atoms. The monoisotopic (exact) mass is 271 g/mol. The van der Waals surface area contributed by atoms with E-state index in [2.05, 4.69) is 36.5 Å². The van der Waals surface area contributed by atoms with Gasteiger partial charge in [-0.05, 0) is 26.0 Å². The second-order valence-electron chi connectivity index (χ2n) is 4.33. The van der Waals surface area contributed by atoms with E-state index in [1.54, 1.807) is 0 Å². The maximum absolute atomic E-state index is 9.44. The Hall–Kier alpha value is -1.93. The highest BCUT2D eigenvalue weighted by Gasteiger charge is 1.85. The van der Waals surface area contributed by atoms with Crippen LogP contribution in [-0.2, 0) is 11.3 Å². The highest BCUT2D eigenvalue weighted by Crippen LogP contribution is 1.96. The molecule has 0 aliphatic carbocycles. The van der Waals surface area contributed by atoms with Crippen molar-refractivity contribution in [2.24, 2.45) is 0 Å². The molecule has 1 N–H and O–H groups in total. The molecule has 20 heavy (non-hydrogen) atoms. The van der Waals surface area contributed by atoms with Crippen LogP contribution in [0.2, 0.25) is 0 Å². The van der Waals surface area contributed by atoms with E-state index in [0.29, 0.717) is 0 Å². The summed E-state index contributed by atoms with van der Waals surface area (Å²) < 4.78 is 0. The van der Waals surface area contributed by atoms with Crippen molar-refractivity contribution in [2.75, 3.05) is 6.54 Å². The van der Waals surface area contributed by atoms with Crippen molar-refractivity contribution >= 4 is 5.78 Å². The molecule has 0 fully saturated rings. The minimum absolute atomic E-state index is 0.167. The lowest BCUT2D eigenvalue weighted by Gasteiger charge is -1.99. The van der Waals surface area contributed by atoms with Gasteiger partial charge in [-0.25, -0.2) is 0 Å². The third kappa shape index (κ3) is 14.1. The molecule has 0 heterocycles. The molecule has 0 aliphatic heterocycles. The molecule has 0 unspecified atom stereocenters. The van der Waals surface area contributed by atoms with Crippen molar-refractivity contribution in [1.82, 2.24) is 5.32 Å². The summed E-state index contributed by atoms with van der Waals surface area (Å²) in [5.41, 5.74) is 1.35. The molecule has 0 saturated heterocycles. The first-order chi connectivity index (χ1) is 9.66. The maximum atomic E-state index is 9.44. The smallest absolute Gasteiger partial charge is 0.126 e. The number of hydrogen-bond acceptors (Lipinski definition) is 2. The van der Waals surface area contributed by atoms with Crippen LogP contribution >= 0.6 is 0 Å². The molecule has 2 nitrogen and oxygen atoms in total. The van der Waals surface area contributed by atoms with Gasteiger partial charge in [0.15, 0.2) is 0 Å². The number of carbonyl (C=O) groups is 1. The predicted molar refractivity (Wildman–Crippen MR) is 86.6 cm³/mol. The van der Waals surface area contributed by atoms with Gasteiger partial charge in [0.2, 0.25) is 0 Å². The van der Waals surface area contributed by atoms with Gasteiger partial charge in [-0.15, -0.1) is 0 Å². The van der Waals surface area contributed by atoms with E-state index in [9.17, 15) is 4.79 Å². The molecule has 2 heteroatoms. The van der Waals surface area contributed by atoms with E-state index in [1.807, 2.05) is 42.5 Å². The second-order valence-corrected chi connectivity index (χ2v) is 4.33. The van der Waals surface area contributed by atoms with Gasteiger partial charge in [0.1, 0.15) is 5.78 Å². The van der Waals surface area contributed by atoms with E-state index >= 15 is 0 Å². The highest BCUT2D eigenvalue weighted by atomic mass is 16.1. The molecular formula is C18H25NO. The van der Waals surface area contributed by atoms with Crippen LogP contribution in [0.5, 0.6) is 0 Å². The zero-order valence-corrected chi connectivity index (χ0v) is 12.7. The molecule has 0 radical (unpaired) electrons. The number of carbonyl (C=O) groups excluding carboxylic acids is 1. The van der Waals surface area contributed by atoms with Gasteiger partial charge in [0.05, 0.1) is 0 Å². The van der Waals surface area contributed by atoms with Crippen LogP contribution in [0.15, 0.2) is 66.7 Å². The van der Waals surface area contributed by atoms with Crippen molar-refractivity contribution in [1.29, 1.82) is 0 Å². The summed E-state index contributed by atoms with van der Waals surface area (Å²) in [6.07, 6.45) is 0. The molecule has 2 rings (SSSR count). The number of Topliss-reactive ketones (excluding diaryl/α,β-unsaturated/α-hetero) is 1. The summed E-state index contributed by atoms with van der Waals surface area (Å²) in [6.45, 7) is 7.19. The van der Waals surface area contributed by atoms with E-state index in [1.165, 1.54) is 19.4 Å². The van der Waals surface area contributed by atoms with Gasteiger partial charge in [-0.3, -0.25) is 0 Å². The lowest BCUT2D eigenvalue weighted by molar-refractivity contribution is -0.114. The predicted octanol–water partition coefficient (Wildman–Crippen LogP) is 4.08. The number of ketones is 1. The summed E-state index contributed by atoms with van der Waals surface area (Å²) in [6, 6.07) is 22.4. The molecule has 0 bridgehead atoms. The summed E-state index contributed by atoms with van der Waals surface area (Å²) in [5, 5.41) is 3.26. The Morgan fingerprint density at radius 1 is 0.850 bits per heavy atom. The molecule has 0 saturated carbocycles. The van der Waals surface area contributed by atoms with Crippen LogP contribution in [-0.4, -0.2) is 12.3 Å². The Labute approximate surface area is 122 Å². The topological polar surface area (TPSA) is 29.1 Å². The SMILES string of the molecule is CC(C)=O.CCNCc1ccccc1.c1ccccc1. The Bertz CT molecular complexity index is 395. The van der Waals surface area contributed by atoms with Gasteiger partial charge in [0.25, 0.3) is 0 Å². The summed E-state index contributed by atoms with van der Waals surface area (Å²) in [4.78, 5) is 9.44. The van der Waals surface area contributed by atoms with Gasteiger partial charge in [-0.2, -0.15) is 0 Å². The second kappa shape index (κ2) is 13.5. The molecule has 2 aromatic rings. The van der Waals surface area contributed by atoms with E-state index < -0.39 is 0 Å². The Morgan fingerprint density at radius 2 is 1.20 bits per heavy atom.